The molecule has 1 aliphatic rings. The van der Waals surface area contributed by atoms with Gasteiger partial charge in [0.25, 0.3) is 5.91 Å². The van der Waals surface area contributed by atoms with Gasteiger partial charge in [-0.15, -0.1) is 0 Å². The maximum atomic E-state index is 12.9. The molecule has 0 bridgehead atoms. The number of hydrogen-bond donors (Lipinski definition) is 0. The van der Waals surface area contributed by atoms with Crippen LogP contribution in [0.1, 0.15) is 24.5 Å². The van der Waals surface area contributed by atoms with Gasteiger partial charge in [-0.25, -0.2) is 0 Å². The van der Waals surface area contributed by atoms with Gasteiger partial charge in [0.05, 0.1) is 7.11 Å². The second-order valence-corrected chi connectivity index (χ2v) is 5.97. The molecule has 0 N–H and O–H groups in total. The molecule has 4 heteroatoms. The highest BCUT2D eigenvalue weighted by atomic mass is 16.5. The van der Waals surface area contributed by atoms with E-state index in [1.807, 2.05) is 36.1 Å². The summed E-state index contributed by atoms with van der Waals surface area (Å²) in [6, 6.07) is 15.7. The molecule has 2 aromatic carbocycles. The zero-order chi connectivity index (χ0) is 16.9. The molecule has 0 saturated heterocycles. The zero-order valence-corrected chi connectivity index (χ0v) is 14.2. The molecule has 0 aliphatic carbocycles. The molecule has 126 valence electrons. The average molecular weight is 325 g/mol. The predicted octanol–water partition coefficient (Wildman–Crippen LogP) is 3.44. The fraction of sp³-hybridized carbons (Fsp3) is 0.350. The highest BCUT2D eigenvalue weighted by Crippen LogP contribution is 2.23. The Morgan fingerprint density at radius 2 is 1.88 bits per heavy atom. The van der Waals surface area contributed by atoms with Gasteiger partial charge in [-0.2, -0.15) is 0 Å². The molecule has 0 spiro atoms. The van der Waals surface area contributed by atoms with Crippen molar-refractivity contribution in [2.75, 3.05) is 13.7 Å². The van der Waals surface area contributed by atoms with Crippen molar-refractivity contribution in [3.8, 4) is 11.5 Å². The number of hydrogen-bond acceptors (Lipinski definition) is 3. The Kier molecular flexibility index (Phi) is 5.04. The van der Waals surface area contributed by atoms with Crippen molar-refractivity contribution in [3.05, 3.63) is 59.7 Å². The van der Waals surface area contributed by atoms with E-state index in [1.165, 1.54) is 11.1 Å². The molecule has 0 saturated carbocycles. The highest BCUT2D eigenvalue weighted by Gasteiger charge is 2.27. The van der Waals surface area contributed by atoms with E-state index in [9.17, 15) is 4.79 Å². The van der Waals surface area contributed by atoms with Crippen LogP contribution in [-0.2, 0) is 17.8 Å². The number of nitrogens with zero attached hydrogens (tertiary/aromatic N) is 1. The maximum absolute atomic E-state index is 12.9. The lowest BCUT2D eigenvalue weighted by molar-refractivity contribution is -0.139. The van der Waals surface area contributed by atoms with Crippen LogP contribution in [0.5, 0.6) is 11.5 Å². The van der Waals surface area contributed by atoms with Crippen LogP contribution in [0.15, 0.2) is 48.5 Å². The maximum Gasteiger partial charge on any atom is 0.263 e. The van der Waals surface area contributed by atoms with E-state index in [-0.39, 0.29) is 5.91 Å². The van der Waals surface area contributed by atoms with Crippen LogP contribution in [0.3, 0.4) is 0 Å². The van der Waals surface area contributed by atoms with Crippen molar-refractivity contribution in [2.45, 2.75) is 32.4 Å². The summed E-state index contributed by atoms with van der Waals surface area (Å²) in [6.45, 7) is 3.38. The van der Waals surface area contributed by atoms with Crippen LogP contribution < -0.4 is 9.47 Å². The first-order valence-corrected chi connectivity index (χ1v) is 8.37. The van der Waals surface area contributed by atoms with Gasteiger partial charge in [-0.05, 0) is 36.1 Å². The summed E-state index contributed by atoms with van der Waals surface area (Å²) >= 11 is 0. The number of methoxy groups -OCH3 is 1. The van der Waals surface area contributed by atoms with Gasteiger partial charge >= 0.3 is 0 Å². The molecule has 24 heavy (non-hydrogen) atoms. The molecule has 0 radical (unpaired) electrons. The third-order valence-electron chi connectivity index (χ3n) is 4.41. The molecule has 2 aromatic rings. The molecular formula is C20H23NO3. The van der Waals surface area contributed by atoms with Crippen molar-refractivity contribution >= 4 is 5.91 Å². The topological polar surface area (TPSA) is 38.8 Å². The van der Waals surface area contributed by atoms with Gasteiger partial charge in [0.2, 0.25) is 0 Å². The highest BCUT2D eigenvalue weighted by molar-refractivity contribution is 5.81. The summed E-state index contributed by atoms with van der Waals surface area (Å²) in [5, 5.41) is 0. The van der Waals surface area contributed by atoms with Crippen LogP contribution in [0, 0.1) is 0 Å². The summed E-state index contributed by atoms with van der Waals surface area (Å²) in [4.78, 5) is 14.8. The fourth-order valence-corrected chi connectivity index (χ4v) is 3.03. The van der Waals surface area contributed by atoms with Gasteiger partial charge in [0, 0.05) is 19.2 Å². The van der Waals surface area contributed by atoms with Crippen LogP contribution in [0.4, 0.5) is 0 Å². The SMILES string of the molecule is CC[C@H](Oc1cccc(OC)c1)C(=O)N1CCc2ccccc2C1. The van der Waals surface area contributed by atoms with Gasteiger partial charge < -0.3 is 14.4 Å². The summed E-state index contributed by atoms with van der Waals surface area (Å²) in [6.07, 6.45) is 1.06. The standard InChI is InChI=1S/C20H23NO3/c1-3-19(24-18-10-6-9-17(13-18)23-2)20(22)21-12-11-15-7-4-5-8-16(15)14-21/h4-10,13,19H,3,11-12,14H2,1-2H3/t19-/m0/s1. The van der Waals surface area contributed by atoms with Gasteiger partial charge in [0.1, 0.15) is 11.5 Å². The van der Waals surface area contributed by atoms with E-state index in [1.54, 1.807) is 13.2 Å². The number of carbonyl (C=O) groups excluding carboxylic acids is 1. The fourth-order valence-electron chi connectivity index (χ4n) is 3.03. The second kappa shape index (κ2) is 7.39. The van der Waals surface area contributed by atoms with Gasteiger partial charge in [0.15, 0.2) is 6.10 Å². The van der Waals surface area contributed by atoms with Crippen LogP contribution in [0.2, 0.25) is 0 Å². The second-order valence-electron chi connectivity index (χ2n) is 5.97. The van der Waals surface area contributed by atoms with E-state index >= 15 is 0 Å². The number of amides is 1. The Morgan fingerprint density at radius 1 is 1.12 bits per heavy atom. The van der Waals surface area contributed by atoms with Crippen molar-refractivity contribution in [3.63, 3.8) is 0 Å². The number of ether oxygens (including phenoxy) is 2. The molecule has 0 aromatic heterocycles. The molecular weight excluding hydrogens is 302 g/mol. The van der Waals surface area contributed by atoms with Crippen molar-refractivity contribution in [1.29, 1.82) is 0 Å². The smallest absolute Gasteiger partial charge is 0.263 e. The number of rotatable bonds is 5. The van der Waals surface area contributed by atoms with Gasteiger partial charge in [-0.1, -0.05) is 37.3 Å². The lowest BCUT2D eigenvalue weighted by atomic mass is 9.99. The molecule has 0 fully saturated rings. The largest absolute Gasteiger partial charge is 0.497 e. The van der Waals surface area contributed by atoms with Crippen LogP contribution >= 0.6 is 0 Å². The van der Waals surface area contributed by atoms with Crippen molar-refractivity contribution in [2.24, 2.45) is 0 Å². The molecule has 1 heterocycles. The van der Waals surface area contributed by atoms with E-state index in [0.29, 0.717) is 18.7 Å². The Bertz CT molecular complexity index is 714. The molecule has 0 unspecified atom stereocenters. The normalized spacial score (nSPS) is 14.7. The van der Waals surface area contributed by atoms with E-state index in [2.05, 4.69) is 18.2 Å². The third kappa shape index (κ3) is 3.53. The minimum absolute atomic E-state index is 0.0508. The average Bonchev–Trinajstić information content (AvgIpc) is 2.65. The summed E-state index contributed by atoms with van der Waals surface area (Å²) < 4.78 is 11.1. The quantitative estimate of drug-likeness (QED) is 0.845. The van der Waals surface area contributed by atoms with Gasteiger partial charge in [-0.3, -0.25) is 4.79 Å². The number of carbonyl (C=O) groups is 1. The first kappa shape index (κ1) is 16.4. The van der Waals surface area contributed by atoms with Crippen LogP contribution in [0.25, 0.3) is 0 Å². The third-order valence-corrected chi connectivity index (χ3v) is 4.41. The molecule has 3 rings (SSSR count). The molecule has 1 amide bonds. The van der Waals surface area contributed by atoms with E-state index in [4.69, 9.17) is 9.47 Å². The summed E-state index contributed by atoms with van der Waals surface area (Å²) in [5.74, 6) is 1.43. The van der Waals surface area contributed by atoms with E-state index in [0.717, 1.165) is 18.7 Å². The zero-order valence-electron chi connectivity index (χ0n) is 14.2. The predicted molar refractivity (Wildman–Crippen MR) is 93.3 cm³/mol. The van der Waals surface area contributed by atoms with E-state index < -0.39 is 6.10 Å². The molecule has 4 nitrogen and oxygen atoms in total. The molecule has 1 atom stereocenters. The Hall–Kier alpha value is -2.49. The lowest BCUT2D eigenvalue weighted by Gasteiger charge is -2.31. The molecule has 1 aliphatic heterocycles. The Morgan fingerprint density at radius 3 is 2.62 bits per heavy atom. The monoisotopic (exact) mass is 325 g/mol. The first-order valence-electron chi connectivity index (χ1n) is 8.37. The number of benzene rings is 2. The Balaban J connectivity index is 1.70. The lowest BCUT2D eigenvalue weighted by Crippen LogP contribution is -2.44. The first-order chi connectivity index (χ1) is 11.7. The summed E-state index contributed by atoms with van der Waals surface area (Å²) in [7, 11) is 1.62. The van der Waals surface area contributed by atoms with Crippen molar-refractivity contribution < 1.29 is 14.3 Å². The number of fused-ring (bicyclic) bond motifs is 1. The Labute approximate surface area is 143 Å². The minimum atomic E-state index is -0.470. The van der Waals surface area contributed by atoms with Crippen LogP contribution in [-0.4, -0.2) is 30.6 Å². The summed E-state index contributed by atoms with van der Waals surface area (Å²) in [5.41, 5.74) is 2.57. The van der Waals surface area contributed by atoms with Crippen molar-refractivity contribution in [1.82, 2.24) is 4.90 Å². The minimum Gasteiger partial charge on any atom is -0.497 e.